The van der Waals surface area contributed by atoms with E-state index < -0.39 is 0 Å². The summed E-state index contributed by atoms with van der Waals surface area (Å²) < 4.78 is 7.44. The molecule has 0 spiro atoms. The Morgan fingerprint density at radius 2 is 1.80 bits per heavy atom. The summed E-state index contributed by atoms with van der Waals surface area (Å²) in [7, 11) is 0. The normalized spacial score (nSPS) is 16.6. The highest BCUT2D eigenvalue weighted by atomic mass is 16.5. The van der Waals surface area contributed by atoms with E-state index in [-0.39, 0.29) is 6.04 Å². The predicted octanol–water partition coefficient (Wildman–Crippen LogP) is 0.121. The van der Waals surface area contributed by atoms with Gasteiger partial charge in [0.25, 0.3) is 0 Å². The van der Waals surface area contributed by atoms with E-state index in [0.29, 0.717) is 6.54 Å². The smallest absolute Gasteiger partial charge is 0.214 e. The standard InChI is InChI=1S/C18H20N6O/c1-2-4-15(5-3-1)14-24-18(20-21-22-24)17(16-6-8-19-9-7-16)23-10-12-25-13-11-23/h1-9,17H,10-14H2/p+1/t17-/m0/s1. The van der Waals surface area contributed by atoms with Gasteiger partial charge in [0.15, 0.2) is 6.04 Å². The van der Waals surface area contributed by atoms with Crippen molar-refractivity contribution < 1.29 is 9.64 Å². The lowest BCUT2D eigenvalue weighted by atomic mass is 10.1. The third-order valence-electron chi connectivity index (χ3n) is 4.58. The van der Waals surface area contributed by atoms with Crippen molar-refractivity contribution in [1.29, 1.82) is 0 Å². The minimum Gasteiger partial charge on any atom is -0.370 e. The summed E-state index contributed by atoms with van der Waals surface area (Å²) in [5.41, 5.74) is 2.36. The molecule has 1 fully saturated rings. The first kappa shape index (κ1) is 15.9. The fraction of sp³-hybridized carbons (Fsp3) is 0.333. The third-order valence-corrected chi connectivity index (χ3v) is 4.58. The highest BCUT2D eigenvalue weighted by Crippen LogP contribution is 2.17. The van der Waals surface area contributed by atoms with Crippen LogP contribution in [0.5, 0.6) is 0 Å². The van der Waals surface area contributed by atoms with Crippen LogP contribution in [0, 0.1) is 0 Å². The molecule has 0 amide bonds. The van der Waals surface area contributed by atoms with Crippen LogP contribution in [0.3, 0.4) is 0 Å². The fourth-order valence-corrected chi connectivity index (χ4v) is 3.33. The number of rotatable bonds is 5. The number of pyridine rings is 1. The second-order valence-electron chi connectivity index (χ2n) is 6.16. The van der Waals surface area contributed by atoms with E-state index >= 15 is 0 Å². The Kier molecular flexibility index (Phi) is 4.76. The highest BCUT2D eigenvalue weighted by Gasteiger charge is 2.32. The predicted molar refractivity (Wildman–Crippen MR) is 91.0 cm³/mol. The van der Waals surface area contributed by atoms with E-state index in [1.54, 1.807) is 0 Å². The van der Waals surface area contributed by atoms with Crippen molar-refractivity contribution in [3.63, 3.8) is 0 Å². The minimum absolute atomic E-state index is 0.0746. The molecule has 2 aromatic heterocycles. The van der Waals surface area contributed by atoms with Gasteiger partial charge < -0.3 is 9.64 Å². The molecule has 1 aliphatic heterocycles. The molecule has 3 heterocycles. The summed E-state index contributed by atoms with van der Waals surface area (Å²) in [6.45, 7) is 4.05. The second kappa shape index (κ2) is 7.50. The molecule has 1 saturated heterocycles. The molecule has 1 aromatic carbocycles. The molecular formula is C18H21N6O+. The quantitative estimate of drug-likeness (QED) is 0.716. The van der Waals surface area contributed by atoms with Crippen LogP contribution in [0.4, 0.5) is 0 Å². The average Bonchev–Trinajstić information content (AvgIpc) is 3.12. The number of tetrazole rings is 1. The Hall–Kier alpha value is -2.64. The van der Waals surface area contributed by atoms with E-state index in [9.17, 15) is 0 Å². The van der Waals surface area contributed by atoms with Crippen LogP contribution in [-0.2, 0) is 11.3 Å². The van der Waals surface area contributed by atoms with Crippen molar-refractivity contribution >= 4 is 0 Å². The van der Waals surface area contributed by atoms with Crippen molar-refractivity contribution in [3.05, 3.63) is 71.8 Å². The topological polar surface area (TPSA) is 70.2 Å². The molecule has 3 aromatic rings. The van der Waals surface area contributed by atoms with E-state index in [1.807, 2.05) is 35.3 Å². The monoisotopic (exact) mass is 337 g/mol. The van der Waals surface area contributed by atoms with Crippen molar-refractivity contribution in [2.24, 2.45) is 0 Å². The van der Waals surface area contributed by atoms with Gasteiger partial charge in [-0.15, -0.1) is 5.10 Å². The van der Waals surface area contributed by atoms with Crippen LogP contribution in [0.2, 0.25) is 0 Å². The molecule has 1 N–H and O–H groups in total. The fourth-order valence-electron chi connectivity index (χ4n) is 3.33. The number of nitrogens with zero attached hydrogens (tertiary/aromatic N) is 5. The first-order valence-corrected chi connectivity index (χ1v) is 8.54. The lowest BCUT2D eigenvalue weighted by Gasteiger charge is -2.30. The minimum atomic E-state index is 0.0746. The second-order valence-corrected chi connectivity index (χ2v) is 6.16. The van der Waals surface area contributed by atoms with E-state index in [0.717, 1.165) is 32.1 Å². The Morgan fingerprint density at radius 3 is 2.56 bits per heavy atom. The molecule has 128 valence electrons. The Bertz CT molecular complexity index is 786. The van der Waals surface area contributed by atoms with Gasteiger partial charge in [-0.2, -0.15) is 0 Å². The van der Waals surface area contributed by atoms with Crippen LogP contribution >= 0.6 is 0 Å². The van der Waals surface area contributed by atoms with Crippen molar-refractivity contribution in [2.45, 2.75) is 12.6 Å². The van der Waals surface area contributed by atoms with Gasteiger partial charge in [0.2, 0.25) is 5.82 Å². The molecule has 4 rings (SSSR count). The van der Waals surface area contributed by atoms with Gasteiger partial charge >= 0.3 is 0 Å². The van der Waals surface area contributed by atoms with Gasteiger partial charge in [-0.1, -0.05) is 30.3 Å². The molecule has 25 heavy (non-hydrogen) atoms. The average molecular weight is 337 g/mol. The maximum atomic E-state index is 5.54. The molecule has 0 aliphatic carbocycles. The highest BCUT2D eigenvalue weighted by molar-refractivity contribution is 5.20. The first-order valence-electron chi connectivity index (χ1n) is 8.54. The molecule has 0 bridgehead atoms. The number of ether oxygens (including phenoxy) is 1. The molecule has 1 aliphatic rings. The number of morpholine rings is 1. The number of nitrogens with one attached hydrogen (secondary N) is 1. The summed E-state index contributed by atoms with van der Waals surface area (Å²) in [6.07, 6.45) is 3.65. The maximum Gasteiger partial charge on any atom is 0.214 e. The lowest BCUT2D eigenvalue weighted by molar-refractivity contribution is -0.933. The summed E-state index contributed by atoms with van der Waals surface area (Å²) in [5, 5.41) is 12.6. The SMILES string of the molecule is c1ccc(Cn2nnnc2[C@H](c2ccncc2)[NH+]2CCOCC2)cc1. The van der Waals surface area contributed by atoms with Crippen molar-refractivity contribution in [1.82, 2.24) is 25.2 Å². The van der Waals surface area contributed by atoms with Crippen LogP contribution in [0.15, 0.2) is 54.9 Å². The lowest BCUT2D eigenvalue weighted by Crippen LogP contribution is -3.14. The number of hydrogen-bond donors (Lipinski definition) is 1. The third kappa shape index (κ3) is 3.57. The van der Waals surface area contributed by atoms with Crippen molar-refractivity contribution in [3.8, 4) is 0 Å². The molecule has 0 saturated carbocycles. The summed E-state index contributed by atoms with van der Waals surface area (Å²) in [5.74, 6) is 0.881. The molecular weight excluding hydrogens is 316 g/mol. The van der Waals surface area contributed by atoms with Crippen molar-refractivity contribution in [2.75, 3.05) is 26.3 Å². The number of aromatic nitrogens is 5. The number of hydrogen-bond acceptors (Lipinski definition) is 5. The Balaban J connectivity index is 1.69. The summed E-state index contributed by atoms with van der Waals surface area (Å²) >= 11 is 0. The van der Waals surface area contributed by atoms with Gasteiger partial charge in [0.1, 0.15) is 13.1 Å². The van der Waals surface area contributed by atoms with Gasteiger partial charge in [0.05, 0.1) is 19.8 Å². The van der Waals surface area contributed by atoms with Crippen LogP contribution in [-0.4, -0.2) is 51.5 Å². The maximum absolute atomic E-state index is 5.54. The van der Waals surface area contributed by atoms with E-state index in [4.69, 9.17) is 4.74 Å². The summed E-state index contributed by atoms with van der Waals surface area (Å²) in [4.78, 5) is 5.57. The zero-order chi connectivity index (χ0) is 16.9. The van der Waals surface area contributed by atoms with E-state index in [1.165, 1.54) is 16.0 Å². The molecule has 1 atom stereocenters. The van der Waals surface area contributed by atoms with E-state index in [2.05, 4.69) is 44.8 Å². The zero-order valence-electron chi connectivity index (χ0n) is 14.0. The van der Waals surface area contributed by atoms with Crippen LogP contribution in [0.25, 0.3) is 0 Å². The van der Waals surface area contributed by atoms with Gasteiger partial charge in [-0.3, -0.25) is 4.98 Å². The Morgan fingerprint density at radius 1 is 1.04 bits per heavy atom. The van der Waals surface area contributed by atoms with Gasteiger partial charge in [-0.05, 0) is 28.1 Å². The number of quaternary nitrogens is 1. The van der Waals surface area contributed by atoms with Crippen LogP contribution < -0.4 is 4.90 Å². The molecule has 7 heteroatoms. The zero-order valence-corrected chi connectivity index (χ0v) is 14.0. The first-order chi connectivity index (χ1) is 12.4. The van der Waals surface area contributed by atoms with Gasteiger partial charge in [-0.25, -0.2) is 4.68 Å². The largest absolute Gasteiger partial charge is 0.370 e. The Labute approximate surface area is 146 Å². The van der Waals surface area contributed by atoms with Gasteiger partial charge in [0, 0.05) is 18.0 Å². The van der Waals surface area contributed by atoms with Crippen LogP contribution in [0.1, 0.15) is 23.0 Å². The summed E-state index contributed by atoms with van der Waals surface area (Å²) in [6, 6.07) is 14.4. The molecule has 0 radical (unpaired) electrons. The molecule has 7 nitrogen and oxygen atoms in total. The number of benzene rings is 1. The molecule has 0 unspecified atom stereocenters.